The van der Waals surface area contributed by atoms with E-state index in [1.165, 1.54) is 24.3 Å². The molecule has 0 spiro atoms. The SMILES string of the molecule is C#CC[C@@H](NC(=O)Cc1ccc(F)cc1)C(N)=O. The monoisotopic (exact) mass is 248 g/mol. The lowest BCUT2D eigenvalue weighted by Crippen LogP contribution is -2.44. The van der Waals surface area contributed by atoms with Crippen molar-refractivity contribution in [3.05, 3.63) is 35.6 Å². The van der Waals surface area contributed by atoms with Crippen LogP contribution >= 0.6 is 0 Å². The molecule has 1 aromatic rings. The summed E-state index contributed by atoms with van der Waals surface area (Å²) < 4.78 is 12.7. The van der Waals surface area contributed by atoms with Crippen LogP contribution in [0.5, 0.6) is 0 Å². The van der Waals surface area contributed by atoms with Crippen LogP contribution in [-0.4, -0.2) is 17.9 Å². The first-order valence-corrected chi connectivity index (χ1v) is 5.29. The van der Waals surface area contributed by atoms with Crippen LogP contribution < -0.4 is 11.1 Å². The van der Waals surface area contributed by atoms with E-state index in [0.29, 0.717) is 5.56 Å². The molecule has 4 nitrogen and oxygen atoms in total. The largest absolute Gasteiger partial charge is 0.368 e. The summed E-state index contributed by atoms with van der Waals surface area (Å²) in [5, 5.41) is 2.43. The highest BCUT2D eigenvalue weighted by Gasteiger charge is 2.16. The Labute approximate surface area is 104 Å². The zero-order chi connectivity index (χ0) is 13.5. The molecule has 5 heteroatoms. The quantitative estimate of drug-likeness (QED) is 0.738. The molecule has 0 saturated heterocycles. The molecular weight excluding hydrogens is 235 g/mol. The highest BCUT2D eigenvalue weighted by Crippen LogP contribution is 2.03. The van der Waals surface area contributed by atoms with Gasteiger partial charge < -0.3 is 11.1 Å². The normalized spacial score (nSPS) is 11.3. The number of halogens is 1. The predicted molar refractivity (Wildman–Crippen MR) is 64.7 cm³/mol. The van der Waals surface area contributed by atoms with E-state index in [1.54, 1.807) is 0 Å². The first-order valence-electron chi connectivity index (χ1n) is 5.29. The van der Waals surface area contributed by atoms with Crippen molar-refractivity contribution in [1.29, 1.82) is 0 Å². The second-order valence-corrected chi connectivity index (χ2v) is 3.73. The number of amides is 2. The number of hydrogen-bond acceptors (Lipinski definition) is 2. The molecule has 1 rings (SSSR count). The molecule has 0 unspecified atom stereocenters. The minimum Gasteiger partial charge on any atom is -0.368 e. The number of nitrogens with one attached hydrogen (secondary N) is 1. The van der Waals surface area contributed by atoms with Crippen LogP contribution in [0, 0.1) is 18.2 Å². The van der Waals surface area contributed by atoms with Gasteiger partial charge in [-0.05, 0) is 17.7 Å². The van der Waals surface area contributed by atoms with Crippen LogP contribution in [-0.2, 0) is 16.0 Å². The molecule has 18 heavy (non-hydrogen) atoms. The number of carbonyl (C=O) groups is 2. The van der Waals surface area contributed by atoms with Gasteiger partial charge in [-0.2, -0.15) is 0 Å². The summed E-state index contributed by atoms with van der Waals surface area (Å²) in [6.45, 7) is 0. The van der Waals surface area contributed by atoms with Crippen LogP contribution in [0.3, 0.4) is 0 Å². The maximum atomic E-state index is 12.7. The van der Waals surface area contributed by atoms with Crippen molar-refractivity contribution >= 4 is 11.8 Å². The summed E-state index contributed by atoms with van der Waals surface area (Å²) >= 11 is 0. The van der Waals surface area contributed by atoms with E-state index in [9.17, 15) is 14.0 Å². The van der Waals surface area contributed by atoms with Crippen molar-refractivity contribution in [2.24, 2.45) is 5.73 Å². The lowest BCUT2D eigenvalue weighted by Gasteiger charge is -2.12. The standard InChI is InChI=1S/C13H13FN2O2/c1-2-3-11(13(15)18)16-12(17)8-9-4-6-10(14)7-5-9/h1,4-7,11H,3,8H2,(H2,15,18)(H,16,17)/t11-/m1/s1. The predicted octanol–water partition coefficient (Wildman–Crippen LogP) is 0.362. The molecule has 0 saturated carbocycles. The number of terminal acetylenes is 1. The Morgan fingerprint density at radius 1 is 1.39 bits per heavy atom. The summed E-state index contributed by atoms with van der Waals surface area (Å²) in [4.78, 5) is 22.6. The zero-order valence-corrected chi connectivity index (χ0v) is 9.65. The molecule has 0 aliphatic carbocycles. The molecular formula is C13H13FN2O2. The van der Waals surface area contributed by atoms with Gasteiger partial charge in [0.2, 0.25) is 11.8 Å². The van der Waals surface area contributed by atoms with Gasteiger partial charge in [0.1, 0.15) is 11.9 Å². The summed E-state index contributed by atoms with van der Waals surface area (Å²) in [6.07, 6.45) is 5.14. The van der Waals surface area contributed by atoms with Crippen molar-refractivity contribution in [2.75, 3.05) is 0 Å². The molecule has 2 amide bonds. The minimum atomic E-state index is -0.872. The number of rotatable bonds is 5. The lowest BCUT2D eigenvalue weighted by molar-refractivity contribution is -0.126. The Kier molecular flexibility index (Phi) is 4.88. The van der Waals surface area contributed by atoms with E-state index in [2.05, 4.69) is 11.2 Å². The molecule has 1 aromatic carbocycles. The topological polar surface area (TPSA) is 72.2 Å². The van der Waals surface area contributed by atoms with Gasteiger partial charge in [-0.1, -0.05) is 12.1 Å². The number of hydrogen-bond donors (Lipinski definition) is 2. The van der Waals surface area contributed by atoms with Gasteiger partial charge in [0.25, 0.3) is 0 Å². The average Bonchev–Trinajstić information content (AvgIpc) is 2.31. The fourth-order valence-corrected chi connectivity index (χ4v) is 1.37. The molecule has 94 valence electrons. The highest BCUT2D eigenvalue weighted by atomic mass is 19.1. The van der Waals surface area contributed by atoms with E-state index in [1.807, 2.05) is 0 Å². The van der Waals surface area contributed by atoms with Crippen molar-refractivity contribution in [1.82, 2.24) is 5.32 Å². The van der Waals surface area contributed by atoms with Crippen LogP contribution in [0.4, 0.5) is 4.39 Å². The summed E-state index contributed by atoms with van der Waals surface area (Å²) in [5.74, 6) is 0.819. The molecule has 3 N–H and O–H groups in total. The Morgan fingerprint density at radius 3 is 2.50 bits per heavy atom. The number of benzene rings is 1. The molecule has 0 fully saturated rings. The van der Waals surface area contributed by atoms with Gasteiger partial charge in [0.15, 0.2) is 0 Å². The first-order chi connectivity index (χ1) is 8.52. The Morgan fingerprint density at radius 2 is 2.00 bits per heavy atom. The maximum absolute atomic E-state index is 12.7. The van der Waals surface area contributed by atoms with E-state index < -0.39 is 11.9 Å². The zero-order valence-electron chi connectivity index (χ0n) is 9.65. The molecule has 0 bridgehead atoms. The van der Waals surface area contributed by atoms with E-state index >= 15 is 0 Å². The number of nitrogens with two attached hydrogens (primary N) is 1. The maximum Gasteiger partial charge on any atom is 0.240 e. The average molecular weight is 248 g/mol. The third-order valence-electron chi connectivity index (χ3n) is 2.28. The molecule has 1 atom stereocenters. The Bertz CT molecular complexity index is 477. The Hall–Kier alpha value is -2.35. The molecule has 0 heterocycles. The van der Waals surface area contributed by atoms with Crippen molar-refractivity contribution in [3.8, 4) is 12.3 Å². The molecule has 0 radical (unpaired) electrons. The van der Waals surface area contributed by atoms with Crippen LogP contribution in [0.25, 0.3) is 0 Å². The number of primary amides is 1. The lowest BCUT2D eigenvalue weighted by atomic mass is 10.1. The van der Waals surface area contributed by atoms with Gasteiger partial charge in [0, 0.05) is 6.42 Å². The molecule has 0 aromatic heterocycles. The fraction of sp³-hybridized carbons (Fsp3) is 0.231. The second kappa shape index (κ2) is 6.40. The molecule has 0 aliphatic heterocycles. The second-order valence-electron chi connectivity index (χ2n) is 3.73. The van der Waals surface area contributed by atoms with E-state index in [0.717, 1.165) is 0 Å². The van der Waals surface area contributed by atoms with Crippen LogP contribution in [0.2, 0.25) is 0 Å². The summed E-state index contributed by atoms with van der Waals surface area (Å²) in [5.41, 5.74) is 5.72. The third kappa shape index (κ3) is 4.26. The van der Waals surface area contributed by atoms with Gasteiger partial charge in [-0.25, -0.2) is 4.39 Å². The Balaban J connectivity index is 2.58. The summed E-state index contributed by atoms with van der Waals surface area (Å²) in [7, 11) is 0. The van der Waals surface area contributed by atoms with Gasteiger partial charge in [-0.3, -0.25) is 9.59 Å². The fourth-order valence-electron chi connectivity index (χ4n) is 1.37. The highest BCUT2D eigenvalue weighted by molar-refractivity contribution is 5.87. The van der Waals surface area contributed by atoms with Crippen molar-refractivity contribution in [3.63, 3.8) is 0 Å². The number of carbonyl (C=O) groups excluding carboxylic acids is 2. The van der Waals surface area contributed by atoms with E-state index in [4.69, 9.17) is 12.2 Å². The minimum absolute atomic E-state index is 0.0363. The third-order valence-corrected chi connectivity index (χ3v) is 2.28. The smallest absolute Gasteiger partial charge is 0.240 e. The first kappa shape index (κ1) is 13.7. The van der Waals surface area contributed by atoms with Crippen molar-refractivity contribution < 1.29 is 14.0 Å². The van der Waals surface area contributed by atoms with Crippen LogP contribution in [0.15, 0.2) is 24.3 Å². The van der Waals surface area contributed by atoms with Gasteiger partial charge >= 0.3 is 0 Å². The summed E-state index contributed by atoms with van der Waals surface area (Å²) in [6, 6.07) is 4.64. The van der Waals surface area contributed by atoms with Crippen molar-refractivity contribution in [2.45, 2.75) is 18.9 Å². The van der Waals surface area contributed by atoms with Gasteiger partial charge in [-0.15, -0.1) is 12.3 Å². The van der Waals surface area contributed by atoms with Crippen LogP contribution in [0.1, 0.15) is 12.0 Å². The van der Waals surface area contributed by atoms with Gasteiger partial charge in [0.05, 0.1) is 6.42 Å². The van der Waals surface area contributed by atoms with E-state index in [-0.39, 0.29) is 24.6 Å². The molecule has 0 aliphatic rings.